The van der Waals surface area contributed by atoms with Gasteiger partial charge in [0.05, 0.1) is 17.9 Å². The molecule has 0 aliphatic rings. The molecule has 156 valence electrons. The molecule has 4 rings (SSSR count). The molecule has 0 aliphatic carbocycles. The van der Waals surface area contributed by atoms with Gasteiger partial charge in [0, 0.05) is 42.5 Å². The minimum atomic E-state index is -0.257. The van der Waals surface area contributed by atoms with Crippen LogP contribution >= 0.6 is 0 Å². The minimum Gasteiger partial charge on any atom is -0.344 e. The summed E-state index contributed by atoms with van der Waals surface area (Å²) >= 11 is 0. The lowest BCUT2D eigenvalue weighted by Crippen LogP contribution is -2.27. The number of benzene rings is 2. The second-order valence-corrected chi connectivity index (χ2v) is 7.53. The molecule has 0 spiro atoms. The Kier molecular flexibility index (Phi) is 5.89. The molecule has 0 fully saturated rings. The van der Waals surface area contributed by atoms with Crippen LogP contribution in [0.5, 0.6) is 0 Å². The number of rotatable bonds is 6. The van der Waals surface area contributed by atoms with E-state index in [1.54, 1.807) is 24.8 Å². The van der Waals surface area contributed by atoms with Crippen molar-refractivity contribution >= 4 is 5.91 Å². The number of nitrogens with one attached hydrogen (secondary N) is 1. The second kappa shape index (κ2) is 8.92. The van der Waals surface area contributed by atoms with Crippen LogP contribution in [0.2, 0.25) is 0 Å². The largest absolute Gasteiger partial charge is 0.344 e. The number of aromatic nitrogens is 4. The third kappa shape index (κ3) is 4.53. The van der Waals surface area contributed by atoms with E-state index in [2.05, 4.69) is 64.4 Å². The van der Waals surface area contributed by atoms with E-state index in [1.807, 2.05) is 29.8 Å². The molecule has 2 aromatic carbocycles. The first-order valence-electron chi connectivity index (χ1n) is 10.4. The van der Waals surface area contributed by atoms with E-state index in [4.69, 9.17) is 0 Å². The van der Waals surface area contributed by atoms with Crippen LogP contribution in [0.25, 0.3) is 16.8 Å². The molecular weight excluding hydrogens is 386 g/mol. The first-order chi connectivity index (χ1) is 15.0. The Bertz CT molecular complexity index is 1180. The molecule has 31 heavy (non-hydrogen) atoms. The highest BCUT2D eigenvalue weighted by Gasteiger charge is 2.16. The highest BCUT2D eigenvalue weighted by atomic mass is 16.1. The standard InChI is InChI=1S/C25H25N5O/c1-4-24-28-11-12-30(24)22-14-20(19-7-5-17(2)6-8-19)13-21(15-22)25(31)29-18(3)23-16-26-9-10-27-23/h5-16,18H,4H2,1-3H3,(H,29,31). The van der Waals surface area contributed by atoms with Gasteiger partial charge in [-0.3, -0.25) is 14.8 Å². The number of carbonyl (C=O) groups excluding carboxylic acids is 1. The van der Waals surface area contributed by atoms with Gasteiger partial charge in [-0.15, -0.1) is 0 Å². The van der Waals surface area contributed by atoms with Gasteiger partial charge in [0.2, 0.25) is 0 Å². The summed E-state index contributed by atoms with van der Waals surface area (Å²) in [5, 5.41) is 3.04. The molecule has 1 N–H and O–H groups in total. The van der Waals surface area contributed by atoms with Crippen molar-refractivity contribution in [2.45, 2.75) is 33.2 Å². The van der Waals surface area contributed by atoms with Gasteiger partial charge in [-0.2, -0.15) is 0 Å². The van der Waals surface area contributed by atoms with Crippen LogP contribution in [0, 0.1) is 6.92 Å². The first kappa shape index (κ1) is 20.5. The molecule has 0 saturated heterocycles. The Labute approximate surface area is 182 Å². The van der Waals surface area contributed by atoms with Gasteiger partial charge < -0.3 is 9.88 Å². The van der Waals surface area contributed by atoms with E-state index < -0.39 is 0 Å². The maximum Gasteiger partial charge on any atom is 0.251 e. The van der Waals surface area contributed by atoms with Crippen molar-refractivity contribution in [1.29, 1.82) is 0 Å². The Morgan fingerprint density at radius 2 is 1.84 bits per heavy atom. The Balaban J connectivity index is 1.74. The molecule has 0 saturated carbocycles. The molecule has 4 aromatic rings. The fraction of sp³-hybridized carbons (Fsp3) is 0.200. The molecule has 1 atom stereocenters. The molecule has 2 heterocycles. The monoisotopic (exact) mass is 411 g/mol. The SMILES string of the molecule is CCc1nccn1-c1cc(C(=O)NC(C)c2cnccn2)cc(-c2ccc(C)cc2)c1. The van der Waals surface area contributed by atoms with Crippen molar-refractivity contribution in [2.75, 3.05) is 0 Å². The summed E-state index contributed by atoms with van der Waals surface area (Å²) < 4.78 is 2.03. The summed E-state index contributed by atoms with van der Waals surface area (Å²) in [5.41, 5.74) is 5.43. The van der Waals surface area contributed by atoms with Crippen LogP contribution < -0.4 is 5.32 Å². The van der Waals surface area contributed by atoms with E-state index in [9.17, 15) is 4.79 Å². The molecule has 1 amide bonds. The van der Waals surface area contributed by atoms with Gasteiger partial charge in [-0.1, -0.05) is 36.8 Å². The van der Waals surface area contributed by atoms with Gasteiger partial charge >= 0.3 is 0 Å². The van der Waals surface area contributed by atoms with Gasteiger partial charge in [-0.05, 0) is 43.2 Å². The summed E-state index contributed by atoms with van der Waals surface area (Å²) in [4.78, 5) is 26.0. The van der Waals surface area contributed by atoms with Crippen LogP contribution in [-0.4, -0.2) is 25.4 Å². The average molecular weight is 412 g/mol. The van der Waals surface area contributed by atoms with Crippen molar-refractivity contribution < 1.29 is 4.79 Å². The summed E-state index contributed by atoms with van der Waals surface area (Å²) in [5.74, 6) is 0.784. The van der Waals surface area contributed by atoms with Gasteiger partial charge in [0.1, 0.15) is 5.82 Å². The maximum absolute atomic E-state index is 13.2. The summed E-state index contributed by atoms with van der Waals surface area (Å²) in [6, 6.07) is 14.0. The van der Waals surface area contributed by atoms with E-state index >= 15 is 0 Å². The van der Waals surface area contributed by atoms with Crippen LogP contribution in [0.4, 0.5) is 0 Å². The van der Waals surface area contributed by atoms with Crippen molar-refractivity contribution in [3.8, 4) is 16.8 Å². The molecule has 6 heteroatoms. The van der Waals surface area contributed by atoms with E-state index in [1.165, 1.54) is 5.56 Å². The van der Waals surface area contributed by atoms with Crippen molar-refractivity contribution in [1.82, 2.24) is 24.8 Å². The van der Waals surface area contributed by atoms with E-state index in [0.29, 0.717) is 11.3 Å². The molecule has 2 aromatic heterocycles. The number of hydrogen-bond acceptors (Lipinski definition) is 4. The number of nitrogens with zero attached hydrogens (tertiary/aromatic N) is 4. The third-order valence-electron chi connectivity index (χ3n) is 5.25. The minimum absolute atomic E-state index is 0.161. The fourth-order valence-electron chi connectivity index (χ4n) is 3.51. The molecule has 0 aliphatic heterocycles. The summed E-state index contributed by atoms with van der Waals surface area (Å²) in [6.45, 7) is 6.03. The summed E-state index contributed by atoms with van der Waals surface area (Å²) in [7, 11) is 0. The smallest absolute Gasteiger partial charge is 0.251 e. The number of aryl methyl sites for hydroxylation is 2. The fourth-order valence-corrected chi connectivity index (χ4v) is 3.51. The predicted octanol–water partition coefficient (Wildman–Crippen LogP) is 4.69. The Morgan fingerprint density at radius 3 is 2.55 bits per heavy atom. The molecule has 6 nitrogen and oxygen atoms in total. The van der Waals surface area contributed by atoms with Crippen LogP contribution in [0.3, 0.4) is 0 Å². The third-order valence-corrected chi connectivity index (χ3v) is 5.25. The van der Waals surface area contributed by atoms with Gasteiger partial charge in [0.15, 0.2) is 0 Å². The lowest BCUT2D eigenvalue weighted by Gasteiger charge is -2.16. The molecule has 0 bridgehead atoms. The number of carbonyl (C=O) groups is 1. The average Bonchev–Trinajstić information content (AvgIpc) is 3.29. The van der Waals surface area contributed by atoms with Crippen molar-refractivity contribution in [2.24, 2.45) is 0 Å². The van der Waals surface area contributed by atoms with E-state index in [-0.39, 0.29) is 11.9 Å². The number of hydrogen-bond donors (Lipinski definition) is 1. The normalized spacial score (nSPS) is 11.8. The number of amides is 1. The van der Waals surface area contributed by atoms with Crippen molar-refractivity contribution in [3.05, 3.63) is 96.1 Å². The highest BCUT2D eigenvalue weighted by Crippen LogP contribution is 2.26. The van der Waals surface area contributed by atoms with Crippen LogP contribution in [0.15, 0.2) is 73.4 Å². The Morgan fingerprint density at radius 1 is 1.03 bits per heavy atom. The lowest BCUT2D eigenvalue weighted by atomic mass is 10.00. The molecular formula is C25H25N5O. The van der Waals surface area contributed by atoms with Crippen molar-refractivity contribution in [3.63, 3.8) is 0 Å². The summed E-state index contributed by atoms with van der Waals surface area (Å²) in [6.07, 6.45) is 9.42. The zero-order valence-electron chi connectivity index (χ0n) is 17.9. The Hall–Kier alpha value is -3.80. The molecule has 1 unspecified atom stereocenters. The van der Waals surface area contributed by atoms with Gasteiger partial charge in [0.25, 0.3) is 5.91 Å². The predicted molar refractivity (Wildman–Crippen MR) is 121 cm³/mol. The maximum atomic E-state index is 13.2. The first-order valence-corrected chi connectivity index (χ1v) is 10.4. The van der Waals surface area contributed by atoms with Gasteiger partial charge in [-0.25, -0.2) is 4.98 Å². The lowest BCUT2D eigenvalue weighted by molar-refractivity contribution is 0.0939. The van der Waals surface area contributed by atoms with E-state index in [0.717, 1.165) is 29.1 Å². The van der Waals surface area contributed by atoms with Crippen LogP contribution in [0.1, 0.15) is 47.3 Å². The second-order valence-electron chi connectivity index (χ2n) is 7.53. The topological polar surface area (TPSA) is 72.7 Å². The van der Waals surface area contributed by atoms with Crippen LogP contribution in [-0.2, 0) is 6.42 Å². The zero-order valence-corrected chi connectivity index (χ0v) is 17.9. The zero-order chi connectivity index (χ0) is 21.8. The quantitative estimate of drug-likeness (QED) is 0.499. The highest BCUT2D eigenvalue weighted by molar-refractivity contribution is 5.96. The number of imidazole rings is 1. The molecule has 0 radical (unpaired) electrons.